The van der Waals surface area contributed by atoms with Crippen LogP contribution < -0.4 is 5.32 Å². The van der Waals surface area contributed by atoms with Crippen molar-refractivity contribution in [2.45, 2.75) is 6.42 Å². The fraction of sp³-hybridized carbons (Fsp3) is 0.0714. The van der Waals surface area contributed by atoms with Crippen LogP contribution in [0.1, 0.15) is 5.56 Å². The Morgan fingerprint density at radius 2 is 1.79 bits per heavy atom. The Bertz CT molecular complexity index is 596. The molecule has 0 bridgehead atoms. The summed E-state index contributed by atoms with van der Waals surface area (Å²) in [4.78, 5) is 11.7. The Morgan fingerprint density at radius 3 is 2.42 bits per heavy atom. The molecule has 4 nitrogen and oxygen atoms in total. The summed E-state index contributed by atoms with van der Waals surface area (Å²) in [5.74, 6) is -1.43. The van der Waals surface area contributed by atoms with Crippen LogP contribution in [0.25, 0.3) is 0 Å². The second-order valence-electron chi connectivity index (χ2n) is 4.06. The van der Waals surface area contributed by atoms with E-state index in [9.17, 15) is 9.18 Å². The molecular weight excluding hydrogens is 249 g/mol. The van der Waals surface area contributed by atoms with E-state index in [4.69, 9.17) is 10.2 Å². The van der Waals surface area contributed by atoms with Crippen molar-refractivity contribution in [3.05, 3.63) is 53.8 Å². The highest BCUT2D eigenvalue weighted by atomic mass is 19.1. The van der Waals surface area contributed by atoms with Gasteiger partial charge < -0.3 is 15.5 Å². The first-order chi connectivity index (χ1) is 9.04. The molecule has 5 heteroatoms. The molecule has 0 fully saturated rings. The number of benzene rings is 2. The second-order valence-corrected chi connectivity index (χ2v) is 4.06. The van der Waals surface area contributed by atoms with Crippen LogP contribution in [0.4, 0.5) is 10.1 Å². The molecule has 0 atom stereocenters. The zero-order chi connectivity index (χ0) is 13.8. The topological polar surface area (TPSA) is 69.6 Å². The van der Waals surface area contributed by atoms with E-state index in [-0.39, 0.29) is 23.8 Å². The maximum Gasteiger partial charge on any atom is 0.228 e. The molecule has 19 heavy (non-hydrogen) atoms. The van der Waals surface area contributed by atoms with Crippen LogP contribution in [0.2, 0.25) is 0 Å². The van der Waals surface area contributed by atoms with Crippen molar-refractivity contribution in [1.29, 1.82) is 0 Å². The molecule has 0 aliphatic carbocycles. The van der Waals surface area contributed by atoms with Crippen LogP contribution in [-0.4, -0.2) is 16.1 Å². The number of rotatable bonds is 3. The third-order valence-electron chi connectivity index (χ3n) is 2.53. The van der Waals surface area contributed by atoms with E-state index < -0.39 is 11.6 Å². The third-order valence-corrected chi connectivity index (χ3v) is 2.53. The summed E-state index contributed by atoms with van der Waals surface area (Å²) in [5, 5.41) is 20.7. The van der Waals surface area contributed by atoms with Gasteiger partial charge in [-0.1, -0.05) is 12.1 Å². The highest BCUT2D eigenvalue weighted by Crippen LogP contribution is 2.19. The van der Waals surface area contributed by atoms with Gasteiger partial charge in [0.1, 0.15) is 5.75 Å². The van der Waals surface area contributed by atoms with E-state index in [2.05, 4.69) is 5.32 Å². The molecule has 2 aromatic carbocycles. The smallest absolute Gasteiger partial charge is 0.228 e. The zero-order valence-electron chi connectivity index (χ0n) is 9.93. The molecule has 2 rings (SSSR count). The molecule has 0 aliphatic rings. The van der Waals surface area contributed by atoms with Crippen molar-refractivity contribution < 1.29 is 19.4 Å². The summed E-state index contributed by atoms with van der Waals surface area (Å²) in [6.07, 6.45) is 0.114. The van der Waals surface area contributed by atoms with Gasteiger partial charge in [-0.2, -0.15) is 0 Å². The molecule has 0 unspecified atom stereocenters. The normalized spacial score (nSPS) is 10.2. The highest BCUT2D eigenvalue weighted by molar-refractivity contribution is 5.92. The lowest BCUT2D eigenvalue weighted by Gasteiger charge is -2.06. The minimum atomic E-state index is -0.789. The molecule has 1 amide bonds. The number of hydrogen-bond donors (Lipinski definition) is 3. The molecule has 98 valence electrons. The molecule has 0 aromatic heterocycles. The average molecular weight is 261 g/mol. The zero-order valence-corrected chi connectivity index (χ0v) is 9.93. The first-order valence-electron chi connectivity index (χ1n) is 5.61. The fourth-order valence-electron chi connectivity index (χ4n) is 1.59. The van der Waals surface area contributed by atoms with Crippen molar-refractivity contribution in [2.24, 2.45) is 0 Å². The van der Waals surface area contributed by atoms with Crippen molar-refractivity contribution in [2.75, 3.05) is 5.32 Å². The van der Waals surface area contributed by atoms with Crippen molar-refractivity contribution in [3.63, 3.8) is 0 Å². The SMILES string of the molecule is O=C(Cc1ccc(O)cc1)Nc1ccc(O)c(F)c1. The van der Waals surface area contributed by atoms with Gasteiger partial charge in [0.05, 0.1) is 6.42 Å². The van der Waals surface area contributed by atoms with Gasteiger partial charge in [-0.3, -0.25) is 4.79 Å². The van der Waals surface area contributed by atoms with Crippen molar-refractivity contribution in [1.82, 2.24) is 0 Å². The predicted molar refractivity (Wildman–Crippen MR) is 68.5 cm³/mol. The van der Waals surface area contributed by atoms with Gasteiger partial charge in [0.2, 0.25) is 5.91 Å². The van der Waals surface area contributed by atoms with Crippen LogP contribution in [0.3, 0.4) is 0 Å². The van der Waals surface area contributed by atoms with Gasteiger partial charge in [-0.15, -0.1) is 0 Å². The minimum Gasteiger partial charge on any atom is -0.508 e. The van der Waals surface area contributed by atoms with E-state index in [1.807, 2.05) is 0 Å². The molecule has 0 heterocycles. The number of phenolic OH excluding ortho intramolecular Hbond substituents is 2. The number of hydrogen-bond acceptors (Lipinski definition) is 3. The van der Waals surface area contributed by atoms with E-state index in [1.54, 1.807) is 12.1 Å². The summed E-state index contributed by atoms with van der Waals surface area (Å²) in [7, 11) is 0. The Kier molecular flexibility index (Phi) is 3.66. The lowest BCUT2D eigenvalue weighted by Crippen LogP contribution is -2.14. The van der Waals surface area contributed by atoms with Gasteiger partial charge in [0, 0.05) is 11.8 Å². The second kappa shape index (κ2) is 5.39. The maximum absolute atomic E-state index is 13.1. The maximum atomic E-state index is 13.1. The molecule has 0 aliphatic heterocycles. The molecule has 0 saturated heterocycles. The Hall–Kier alpha value is -2.56. The Balaban J connectivity index is 2.01. The Morgan fingerprint density at radius 1 is 1.11 bits per heavy atom. The predicted octanol–water partition coefficient (Wildman–Crippen LogP) is 2.42. The standard InChI is InChI=1S/C14H12FNO3/c15-12-8-10(3-6-13(12)18)16-14(19)7-9-1-4-11(17)5-2-9/h1-6,8,17-18H,7H2,(H,16,19). The largest absolute Gasteiger partial charge is 0.508 e. The molecular formula is C14H12FNO3. The number of carbonyl (C=O) groups excluding carboxylic acids is 1. The summed E-state index contributed by atoms with van der Waals surface area (Å²) < 4.78 is 13.1. The van der Waals surface area contributed by atoms with E-state index in [1.165, 1.54) is 24.3 Å². The number of nitrogens with one attached hydrogen (secondary N) is 1. The first-order valence-corrected chi connectivity index (χ1v) is 5.61. The van der Waals surface area contributed by atoms with Crippen molar-refractivity contribution in [3.8, 4) is 11.5 Å². The van der Waals surface area contributed by atoms with Crippen LogP contribution >= 0.6 is 0 Å². The molecule has 0 spiro atoms. The van der Waals surface area contributed by atoms with Gasteiger partial charge >= 0.3 is 0 Å². The van der Waals surface area contributed by atoms with E-state index in [0.29, 0.717) is 0 Å². The van der Waals surface area contributed by atoms with Crippen LogP contribution in [0.15, 0.2) is 42.5 Å². The number of carbonyl (C=O) groups is 1. The third kappa shape index (κ3) is 3.45. The Labute approximate surface area is 109 Å². The average Bonchev–Trinajstić information content (AvgIpc) is 2.37. The quantitative estimate of drug-likeness (QED) is 0.743. The number of anilines is 1. The number of aromatic hydroxyl groups is 2. The number of phenols is 2. The first kappa shape index (κ1) is 12.9. The van der Waals surface area contributed by atoms with Gasteiger partial charge in [-0.05, 0) is 29.8 Å². The number of halogens is 1. The molecule has 3 N–H and O–H groups in total. The summed E-state index contributed by atoms with van der Waals surface area (Å²) >= 11 is 0. The van der Waals surface area contributed by atoms with E-state index in [0.717, 1.165) is 11.6 Å². The minimum absolute atomic E-state index is 0.114. The lowest BCUT2D eigenvalue weighted by atomic mass is 10.1. The fourth-order valence-corrected chi connectivity index (χ4v) is 1.59. The van der Waals surface area contributed by atoms with Crippen molar-refractivity contribution >= 4 is 11.6 Å². The number of amides is 1. The van der Waals surface area contributed by atoms with Gasteiger partial charge in [-0.25, -0.2) is 4.39 Å². The lowest BCUT2D eigenvalue weighted by molar-refractivity contribution is -0.115. The van der Waals surface area contributed by atoms with Crippen LogP contribution in [0, 0.1) is 5.82 Å². The summed E-state index contributed by atoms with van der Waals surface area (Å²) in [5.41, 5.74) is 1.01. The molecule has 2 aromatic rings. The van der Waals surface area contributed by atoms with Gasteiger partial charge in [0.15, 0.2) is 11.6 Å². The molecule has 0 radical (unpaired) electrons. The van der Waals surface area contributed by atoms with E-state index >= 15 is 0 Å². The van der Waals surface area contributed by atoms with Crippen LogP contribution in [0.5, 0.6) is 11.5 Å². The molecule has 0 saturated carbocycles. The highest BCUT2D eigenvalue weighted by Gasteiger charge is 2.06. The summed E-state index contributed by atoms with van der Waals surface area (Å²) in [6.45, 7) is 0. The van der Waals surface area contributed by atoms with Crippen LogP contribution in [-0.2, 0) is 11.2 Å². The van der Waals surface area contributed by atoms with Gasteiger partial charge in [0.25, 0.3) is 0 Å². The summed E-state index contributed by atoms with van der Waals surface area (Å²) in [6, 6.07) is 9.87. The monoisotopic (exact) mass is 261 g/mol.